The second-order valence-corrected chi connectivity index (χ2v) is 4.58. The van der Waals surface area contributed by atoms with E-state index in [2.05, 4.69) is 15.6 Å². The van der Waals surface area contributed by atoms with E-state index in [0.29, 0.717) is 18.0 Å². The molecule has 0 saturated carbocycles. The van der Waals surface area contributed by atoms with Gasteiger partial charge >= 0.3 is 0 Å². The highest BCUT2D eigenvalue weighted by Gasteiger charge is 2.17. The second kappa shape index (κ2) is 6.14. The Bertz CT molecular complexity index is 537. The molecule has 2 heterocycles. The third-order valence-corrected chi connectivity index (χ3v) is 3.01. The average Bonchev–Trinajstić information content (AvgIpc) is 3.08. The van der Waals surface area contributed by atoms with Crippen LogP contribution < -0.4 is 10.6 Å². The number of rotatable bonds is 5. The fourth-order valence-electron chi connectivity index (χ4n) is 1.40. The van der Waals surface area contributed by atoms with Crippen LogP contribution in [-0.2, 0) is 11.3 Å². The van der Waals surface area contributed by atoms with Gasteiger partial charge in [0.25, 0.3) is 5.91 Å². The van der Waals surface area contributed by atoms with Gasteiger partial charge in [0.2, 0.25) is 5.91 Å². The molecule has 6 nitrogen and oxygen atoms in total. The Hall–Kier alpha value is -2.15. The standard InChI is InChI=1S/C12H13N3O3S/c1-8(15-12(17)10-6-19-7-14-10)11(16)13-5-9-3-2-4-18-9/h2-4,6-8H,5H2,1H3,(H,13,16)(H,15,17). The maximum absolute atomic E-state index is 11.8. The molecule has 1 atom stereocenters. The Kier molecular flexibility index (Phi) is 4.30. The number of carbonyl (C=O) groups excluding carboxylic acids is 2. The van der Waals surface area contributed by atoms with E-state index >= 15 is 0 Å². The van der Waals surface area contributed by atoms with Crippen LogP contribution in [0.15, 0.2) is 33.7 Å². The number of aromatic nitrogens is 1. The highest BCUT2D eigenvalue weighted by atomic mass is 32.1. The lowest BCUT2D eigenvalue weighted by molar-refractivity contribution is -0.122. The van der Waals surface area contributed by atoms with Crippen molar-refractivity contribution < 1.29 is 14.0 Å². The van der Waals surface area contributed by atoms with Crippen LogP contribution in [0, 0.1) is 0 Å². The number of amides is 2. The molecule has 0 aliphatic heterocycles. The summed E-state index contributed by atoms with van der Waals surface area (Å²) in [4.78, 5) is 27.3. The van der Waals surface area contributed by atoms with E-state index < -0.39 is 6.04 Å². The van der Waals surface area contributed by atoms with E-state index in [4.69, 9.17) is 4.42 Å². The molecule has 0 fully saturated rings. The Balaban J connectivity index is 1.80. The van der Waals surface area contributed by atoms with Crippen LogP contribution in [0.5, 0.6) is 0 Å². The van der Waals surface area contributed by atoms with Gasteiger partial charge in [-0.2, -0.15) is 0 Å². The van der Waals surface area contributed by atoms with E-state index in [1.807, 2.05) is 0 Å². The molecule has 0 spiro atoms. The zero-order valence-electron chi connectivity index (χ0n) is 10.3. The van der Waals surface area contributed by atoms with E-state index in [1.54, 1.807) is 29.9 Å². The fraction of sp³-hybridized carbons (Fsp3) is 0.250. The summed E-state index contributed by atoms with van der Waals surface area (Å²) in [6.45, 7) is 1.91. The Morgan fingerprint density at radius 2 is 2.37 bits per heavy atom. The SMILES string of the molecule is CC(NC(=O)c1cscn1)C(=O)NCc1ccco1. The predicted molar refractivity (Wildman–Crippen MR) is 69.6 cm³/mol. The van der Waals surface area contributed by atoms with Crippen LogP contribution in [-0.4, -0.2) is 22.8 Å². The van der Waals surface area contributed by atoms with Crippen LogP contribution in [0.3, 0.4) is 0 Å². The number of furan rings is 1. The van der Waals surface area contributed by atoms with Crippen molar-refractivity contribution >= 4 is 23.2 Å². The van der Waals surface area contributed by atoms with Gasteiger partial charge in [0.15, 0.2) is 0 Å². The quantitative estimate of drug-likeness (QED) is 0.860. The summed E-state index contributed by atoms with van der Waals surface area (Å²) in [6.07, 6.45) is 1.54. The van der Waals surface area contributed by atoms with Gasteiger partial charge in [0.05, 0.1) is 18.3 Å². The van der Waals surface area contributed by atoms with Gasteiger partial charge in [0, 0.05) is 5.38 Å². The van der Waals surface area contributed by atoms with Crippen LogP contribution in [0.1, 0.15) is 23.2 Å². The van der Waals surface area contributed by atoms with Gasteiger partial charge in [-0.25, -0.2) is 4.98 Å². The third-order valence-electron chi connectivity index (χ3n) is 2.42. The number of hydrogen-bond acceptors (Lipinski definition) is 5. The first kappa shape index (κ1) is 13.3. The molecular formula is C12H13N3O3S. The fourth-order valence-corrected chi connectivity index (χ4v) is 1.93. The molecule has 0 bridgehead atoms. The van der Waals surface area contributed by atoms with Crippen LogP contribution in [0.25, 0.3) is 0 Å². The average molecular weight is 279 g/mol. The molecule has 2 amide bonds. The van der Waals surface area contributed by atoms with Crippen molar-refractivity contribution in [2.75, 3.05) is 0 Å². The number of hydrogen-bond donors (Lipinski definition) is 2. The summed E-state index contributed by atoms with van der Waals surface area (Å²) in [5.74, 6) is 0.0215. The lowest BCUT2D eigenvalue weighted by Crippen LogP contribution is -2.44. The van der Waals surface area contributed by atoms with Crippen molar-refractivity contribution in [3.63, 3.8) is 0 Å². The molecule has 0 aromatic carbocycles. The zero-order chi connectivity index (χ0) is 13.7. The molecule has 2 N–H and O–H groups in total. The third kappa shape index (κ3) is 3.65. The van der Waals surface area contributed by atoms with E-state index in [9.17, 15) is 9.59 Å². The minimum atomic E-state index is -0.635. The molecule has 2 aromatic heterocycles. The molecule has 0 aliphatic carbocycles. The normalized spacial score (nSPS) is 11.8. The van der Waals surface area contributed by atoms with E-state index in [1.165, 1.54) is 17.6 Å². The molecule has 0 saturated heterocycles. The minimum absolute atomic E-state index is 0.278. The van der Waals surface area contributed by atoms with Crippen molar-refractivity contribution in [1.82, 2.24) is 15.6 Å². The van der Waals surface area contributed by atoms with E-state index in [0.717, 1.165) is 0 Å². The van der Waals surface area contributed by atoms with E-state index in [-0.39, 0.29) is 11.8 Å². The lowest BCUT2D eigenvalue weighted by Gasteiger charge is -2.12. The van der Waals surface area contributed by atoms with Crippen LogP contribution in [0.4, 0.5) is 0 Å². The zero-order valence-corrected chi connectivity index (χ0v) is 11.1. The first-order chi connectivity index (χ1) is 9.16. The van der Waals surface area contributed by atoms with Crippen LogP contribution in [0.2, 0.25) is 0 Å². The lowest BCUT2D eigenvalue weighted by atomic mass is 10.3. The molecule has 7 heteroatoms. The molecule has 100 valence electrons. The molecular weight excluding hydrogens is 266 g/mol. The molecule has 0 radical (unpaired) electrons. The summed E-state index contributed by atoms with van der Waals surface area (Å²) in [6, 6.07) is 2.87. The number of thiazole rings is 1. The first-order valence-electron chi connectivity index (χ1n) is 5.66. The first-order valence-corrected chi connectivity index (χ1v) is 6.60. The van der Waals surface area contributed by atoms with Gasteiger partial charge < -0.3 is 15.1 Å². The molecule has 0 aliphatic rings. The van der Waals surface area contributed by atoms with Crippen molar-refractivity contribution in [2.24, 2.45) is 0 Å². The number of carbonyl (C=O) groups is 2. The van der Waals surface area contributed by atoms with Crippen LogP contribution >= 0.6 is 11.3 Å². The topological polar surface area (TPSA) is 84.2 Å². The summed E-state index contributed by atoms with van der Waals surface area (Å²) in [5.41, 5.74) is 1.88. The Morgan fingerprint density at radius 1 is 1.53 bits per heavy atom. The Labute approximate surface area is 113 Å². The number of nitrogens with one attached hydrogen (secondary N) is 2. The molecule has 2 rings (SSSR count). The van der Waals surface area contributed by atoms with Gasteiger partial charge in [-0.05, 0) is 19.1 Å². The molecule has 2 aromatic rings. The minimum Gasteiger partial charge on any atom is -0.467 e. The molecule has 19 heavy (non-hydrogen) atoms. The molecule has 1 unspecified atom stereocenters. The number of nitrogens with zero attached hydrogens (tertiary/aromatic N) is 1. The van der Waals surface area contributed by atoms with Crippen molar-refractivity contribution in [2.45, 2.75) is 19.5 Å². The van der Waals surface area contributed by atoms with Crippen molar-refractivity contribution in [1.29, 1.82) is 0 Å². The second-order valence-electron chi connectivity index (χ2n) is 3.87. The summed E-state index contributed by atoms with van der Waals surface area (Å²) < 4.78 is 5.09. The maximum atomic E-state index is 11.8. The maximum Gasteiger partial charge on any atom is 0.271 e. The van der Waals surface area contributed by atoms with Gasteiger partial charge in [-0.1, -0.05) is 0 Å². The van der Waals surface area contributed by atoms with Gasteiger partial charge in [-0.3, -0.25) is 9.59 Å². The Morgan fingerprint density at radius 3 is 3.00 bits per heavy atom. The summed E-state index contributed by atoms with van der Waals surface area (Å²) in [5, 5.41) is 6.87. The summed E-state index contributed by atoms with van der Waals surface area (Å²) in [7, 11) is 0. The summed E-state index contributed by atoms with van der Waals surface area (Å²) >= 11 is 1.33. The monoisotopic (exact) mass is 279 g/mol. The van der Waals surface area contributed by atoms with Gasteiger partial charge in [0.1, 0.15) is 17.5 Å². The largest absolute Gasteiger partial charge is 0.467 e. The van der Waals surface area contributed by atoms with Gasteiger partial charge in [-0.15, -0.1) is 11.3 Å². The van der Waals surface area contributed by atoms with Crippen molar-refractivity contribution in [3.8, 4) is 0 Å². The highest BCUT2D eigenvalue weighted by molar-refractivity contribution is 7.07. The van der Waals surface area contributed by atoms with Crippen molar-refractivity contribution in [3.05, 3.63) is 40.7 Å². The smallest absolute Gasteiger partial charge is 0.271 e. The predicted octanol–water partition coefficient (Wildman–Crippen LogP) is 1.17. The highest BCUT2D eigenvalue weighted by Crippen LogP contribution is 2.01.